The van der Waals surface area contributed by atoms with E-state index in [0.29, 0.717) is 0 Å². The second kappa shape index (κ2) is 4.85. The van der Waals surface area contributed by atoms with E-state index in [1.54, 1.807) is 0 Å². The van der Waals surface area contributed by atoms with Gasteiger partial charge in [-0.2, -0.15) is 26.3 Å². The number of carbonyl (C=O) groups excluding carboxylic acids is 1. The zero-order chi connectivity index (χ0) is 17.8. The molecule has 0 aromatic carbocycles. The van der Waals surface area contributed by atoms with Crippen LogP contribution in [0.5, 0.6) is 0 Å². The number of ether oxygens (including phenoxy) is 3. The first-order chi connectivity index (χ1) is 9.45. The smallest absolute Gasteiger partial charge is 0.397 e. The van der Waals surface area contributed by atoms with Gasteiger partial charge in [0.15, 0.2) is 0 Å². The Morgan fingerprint density at radius 3 is 1.59 bits per heavy atom. The summed E-state index contributed by atoms with van der Waals surface area (Å²) in [6, 6.07) is 0. The van der Waals surface area contributed by atoms with Crippen molar-refractivity contribution in [3.63, 3.8) is 0 Å². The van der Waals surface area contributed by atoms with Gasteiger partial charge in [-0.1, -0.05) is 6.58 Å². The van der Waals surface area contributed by atoms with Crippen LogP contribution in [-0.2, 0) is 19.0 Å². The molecule has 1 aliphatic heterocycles. The second-order valence-electron chi connectivity index (χ2n) is 5.64. The summed E-state index contributed by atoms with van der Waals surface area (Å²) in [5.74, 6) is -6.27. The van der Waals surface area contributed by atoms with Gasteiger partial charge in [0, 0.05) is 0 Å². The number of rotatable bonds is 2. The molecule has 0 atom stereocenters. The lowest BCUT2D eigenvalue weighted by Gasteiger charge is -2.30. The van der Waals surface area contributed by atoms with E-state index >= 15 is 0 Å². The number of esters is 1. The van der Waals surface area contributed by atoms with E-state index in [2.05, 4.69) is 20.8 Å². The molecule has 0 aromatic rings. The fourth-order valence-electron chi connectivity index (χ4n) is 1.45. The molecule has 10 heteroatoms. The average molecular weight is 336 g/mol. The summed E-state index contributed by atoms with van der Waals surface area (Å²) in [5, 5.41) is 0. The van der Waals surface area contributed by atoms with Crippen LogP contribution in [-0.4, -0.2) is 35.5 Å². The maximum Gasteiger partial charge on any atom is 0.486 e. The Labute approximate surface area is 122 Å². The summed E-state index contributed by atoms with van der Waals surface area (Å²) < 4.78 is 89.8. The van der Waals surface area contributed by atoms with Crippen LogP contribution in [0.4, 0.5) is 26.3 Å². The van der Waals surface area contributed by atoms with Crippen LogP contribution in [0.3, 0.4) is 0 Å². The van der Waals surface area contributed by atoms with E-state index in [9.17, 15) is 31.1 Å². The van der Waals surface area contributed by atoms with Crippen molar-refractivity contribution in [3.8, 4) is 0 Å². The summed E-state index contributed by atoms with van der Waals surface area (Å²) in [7, 11) is 0. The molecule has 1 fully saturated rings. The highest BCUT2D eigenvalue weighted by Crippen LogP contribution is 2.51. The first kappa shape index (κ1) is 18.8. The number of alkyl halides is 6. The van der Waals surface area contributed by atoms with Crippen molar-refractivity contribution in [1.29, 1.82) is 0 Å². The lowest BCUT2D eigenvalue weighted by Crippen LogP contribution is -2.52. The SMILES string of the molecule is C=C(C(=O)OC1(C(F)(F)F)OC(C)(C)C(C)(C)O1)C(F)(F)F. The molecule has 1 rings (SSSR count). The summed E-state index contributed by atoms with van der Waals surface area (Å²) in [6.07, 6.45) is -10.7. The lowest BCUT2D eigenvalue weighted by molar-refractivity contribution is -0.447. The van der Waals surface area contributed by atoms with Gasteiger partial charge in [0.1, 0.15) is 5.57 Å². The molecule has 1 aliphatic rings. The van der Waals surface area contributed by atoms with E-state index in [1.165, 1.54) is 27.7 Å². The summed E-state index contributed by atoms with van der Waals surface area (Å²) in [5.41, 5.74) is -5.30. The topological polar surface area (TPSA) is 44.8 Å². The maximum absolute atomic E-state index is 13.2. The molecule has 1 heterocycles. The molecule has 0 aromatic heterocycles. The highest BCUT2D eigenvalue weighted by molar-refractivity contribution is 5.89. The van der Waals surface area contributed by atoms with Gasteiger partial charge in [0.25, 0.3) is 0 Å². The average Bonchev–Trinajstić information content (AvgIpc) is 2.41. The third-order valence-corrected chi connectivity index (χ3v) is 3.39. The van der Waals surface area contributed by atoms with Gasteiger partial charge in [-0.3, -0.25) is 0 Å². The van der Waals surface area contributed by atoms with Crippen molar-refractivity contribution in [2.45, 2.75) is 57.2 Å². The zero-order valence-electron chi connectivity index (χ0n) is 12.1. The molecule has 0 unspecified atom stereocenters. The van der Waals surface area contributed by atoms with Crippen LogP contribution in [0.15, 0.2) is 12.2 Å². The predicted molar refractivity (Wildman–Crippen MR) is 60.4 cm³/mol. The second-order valence-corrected chi connectivity index (χ2v) is 5.64. The fraction of sp³-hybridized carbons (Fsp3) is 0.750. The van der Waals surface area contributed by atoms with E-state index in [0.717, 1.165) is 0 Å². The van der Waals surface area contributed by atoms with Gasteiger partial charge in [-0.15, -0.1) is 0 Å². The molecule has 0 N–H and O–H groups in total. The van der Waals surface area contributed by atoms with E-state index in [-0.39, 0.29) is 0 Å². The van der Waals surface area contributed by atoms with E-state index < -0.39 is 41.1 Å². The summed E-state index contributed by atoms with van der Waals surface area (Å²) in [6.45, 7) is 7.24. The van der Waals surface area contributed by atoms with Crippen molar-refractivity contribution < 1.29 is 45.3 Å². The zero-order valence-corrected chi connectivity index (χ0v) is 12.1. The van der Waals surface area contributed by atoms with Crippen LogP contribution < -0.4 is 0 Å². The van der Waals surface area contributed by atoms with Crippen molar-refractivity contribution in [2.75, 3.05) is 0 Å². The minimum Gasteiger partial charge on any atom is -0.397 e. The molecule has 0 aliphatic carbocycles. The minimum atomic E-state index is -5.42. The molecule has 0 saturated carbocycles. The van der Waals surface area contributed by atoms with Gasteiger partial charge in [-0.05, 0) is 27.7 Å². The lowest BCUT2D eigenvalue weighted by atomic mass is 9.90. The van der Waals surface area contributed by atoms with Gasteiger partial charge in [0.05, 0.1) is 11.2 Å². The van der Waals surface area contributed by atoms with Gasteiger partial charge in [0.2, 0.25) is 0 Å². The fourth-order valence-corrected chi connectivity index (χ4v) is 1.45. The molecular formula is C12H14F6O4. The molecule has 0 amide bonds. The molecular weight excluding hydrogens is 322 g/mol. The molecule has 22 heavy (non-hydrogen) atoms. The maximum atomic E-state index is 13.2. The van der Waals surface area contributed by atoms with Crippen LogP contribution in [0.1, 0.15) is 27.7 Å². The van der Waals surface area contributed by atoms with Crippen LogP contribution in [0, 0.1) is 0 Å². The first-order valence-corrected chi connectivity index (χ1v) is 5.92. The Morgan fingerprint density at radius 2 is 1.32 bits per heavy atom. The summed E-state index contributed by atoms with van der Waals surface area (Å²) >= 11 is 0. The van der Waals surface area contributed by atoms with Gasteiger partial charge in [-0.25, -0.2) is 4.79 Å². The molecule has 128 valence electrons. The molecule has 1 saturated heterocycles. The van der Waals surface area contributed by atoms with Crippen molar-refractivity contribution in [3.05, 3.63) is 12.2 Å². The van der Waals surface area contributed by atoms with Crippen LogP contribution in [0.2, 0.25) is 0 Å². The first-order valence-electron chi connectivity index (χ1n) is 5.92. The molecule has 0 radical (unpaired) electrons. The Hall–Kier alpha value is -1.29. The van der Waals surface area contributed by atoms with Crippen molar-refractivity contribution in [1.82, 2.24) is 0 Å². The predicted octanol–water partition coefficient (Wildman–Crippen LogP) is 3.47. The Balaban J connectivity index is 3.19. The quantitative estimate of drug-likeness (QED) is 0.440. The normalized spacial score (nSPS) is 23.2. The standard InChI is InChI=1S/C12H14F6O4/c1-6(10(13,14)15)7(19)20-12(11(16,17)18)21-8(2,3)9(4,5)22-12/h1H2,2-5H3. The highest BCUT2D eigenvalue weighted by Gasteiger charge is 2.73. The van der Waals surface area contributed by atoms with Crippen molar-refractivity contribution in [2.24, 2.45) is 0 Å². The number of hydrogen-bond acceptors (Lipinski definition) is 4. The molecule has 0 spiro atoms. The highest BCUT2D eigenvalue weighted by atomic mass is 19.4. The number of hydrogen-bond donors (Lipinski definition) is 0. The van der Waals surface area contributed by atoms with E-state index in [4.69, 9.17) is 0 Å². The van der Waals surface area contributed by atoms with Gasteiger partial charge >= 0.3 is 24.3 Å². The third-order valence-electron chi connectivity index (χ3n) is 3.39. The Morgan fingerprint density at radius 1 is 0.955 bits per heavy atom. The number of carbonyl (C=O) groups is 1. The van der Waals surface area contributed by atoms with Crippen LogP contribution >= 0.6 is 0 Å². The monoisotopic (exact) mass is 336 g/mol. The van der Waals surface area contributed by atoms with Crippen LogP contribution in [0.25, 0.3) is 0 Å². The summed E-state index contributed by atoms with van der Waals surface area (Å²) in [4.78, 5) is 11.3. The largest absolute Gasteiger partial charge is 0.486 e. The molecule has 0 bridgehead atoms. The Kier molecular flexibility index (Phi) is 4.14. The number of halogens is 6. The molecule has 4 nitrogen and oxygen atoms in total. The minimum absolute atomic E-state index is 1.22. The van der Waals surface area contributed by atoms with Gasteiger partial charge < -0.3 is 14.2 Å². The third kappa shape index (κ3) is 3.07. The van der Waals surface area contributed by atoms with E-state index in [1.807, 2.05) is 0 Å². The van der Waals surface area contributed by atoms with Crippen molar-refractivity contribution >= 4 is 5.97 Å². The Bertz CT molecular complexity index is 473.